The third kappa shape index (κ3) is 5.08. The van der Waals surface area contributed by atoms with E-state index < -0.39 is 23.6 Å². The lowest BCUT2D eigenvalue weighted by Crippen LogP contribution is -2.55. The first-order chi connectivity index (χ1) is 16.4. The maximum Gasteiger partial charge on any atom is 0.407 e. The molecule has 2 aliphatic carbocycles. The Morgan fingerprint density at radius 1 is 1.03 bits per heavy atom. The highest BCUT2D eigenvalue weighted by atomic mass is 16.5. The Morgan fingerprint density at radius 2 is 1.62 bits per heavy atom. The molecular formula is C27H32N2O5. The largest absolute Gasteiger partial charge is 0.481 e. The number of benzene rings is 2. The molecule has 0 radical (unpaired) electrons. The molecule has 2 aliphatic rings. The van der Waals surface area contributed by atoms with Crippen LogP contribution in [0.3, 0.4) is 0 Å². The van der Waals surface area contributed by atoms with Crippen molar-refractivity contribution < 1.29 is 24.2 Å². The van der Waals surface area contributed by atoms with Gasteiger partial charge >= 0.3 is 12.1 Å². The van der Waals surface area contributed by atoms with Crippen LogP contribution in [0.1, 0.15) is 68.9 Å². The van der Waals surface area contributed by atoms with E-state index >= 15 is 0 Å². The van der Waals surface area contributed by atoms with E-state index in [9.17, 15) is 19.5 Å². The third-order valence-corrected chi connectivity index (χ3v) is 6.97. The molecular weight excluding hydrogens is 432 g/mol. The number of hydrogen-bond acceptors (Lipinski definition) is 4. The van der Waals surface area contributed by atoms with E-state index in [0.717, 1.165) is 35.1 Å². The van der Waals surface area contributed by atoms with Crippen molar-refractivity contribution in [3.8, 4) is 11.1 Å². The number of fused-ring (bicyclic) bond motifs is 3. The summed E-state index contributed by atoms with van der Waals surface area (Å²) in [4.78, 5) is 37.1. The van der Waals surface area contributed by atoms with Gasteiger partial charge in [-0.15, -0.1) is 0 Å². The van der Waals surface area contributed by atoms with E-state index in [1.165, 1.54) is 0 Å². The smallest absolute Gasteiger partial charge is 0.407 e. The maximum atomic E-state index is 13.0. The van der Waals surface area contributed by atoms with Crippen molar-refractivity contribution >= 4 is 18.0 Å². The number of carbonyl (C=O) groups excluding carboxylic acids is 2. The lowest BCUT2D eigenvalue weighted by Gasteiger charge is -2.31. The second kappa shape index (κ2) is 10.3. The summed E-state index contributed by atoms with van der Waals surface area (Å²) in [6.07, 6.45) is 3.41. The minimum absolute atomic E-state index is 0.0612. The van der Waals surface area contributed by atoms with Crippen molar-refractivity contribution in [1.82, 2.24) is 10.6 Å². The second-order valence-electron chi connectivity index (χ2n) is 9.36. The van der Waals surface area contributed by atoms with Crippen molar-refractivity contribution in [1.29, 1.82) is 0 Å². The Labute approximate surface area is 199 Å². The third-order valence-electron chi connectivity index (χ3n) is 6.97. The lowest BCUT2D eigenvalue weighted by atomic mass is 9.92. The summed E-state index contributed by atoms with van der Waals surface area (Å²) >= 11 is 0. The monoisotopic (exact) mass is 464 g/mol. The first kappa shape index (κ1) is 23.8. The molecule has 7 nitrogen and oxygen atoms in total. The van der Waals surface area contributed by atoms with Gasteiger partial charge in [0.1, 0.15) is 12.6 Å². The van der Waals surface area contributed by atoms with Gasteiger partial charge < -0.3 is 20.5 Å². The molecule has 2 aromatic carbocycles. The number of rotatable bonds is 9. The highest BCUT2D eigenvalue weighted by Gasteiger charge is 2.39. The van der Waals surface area contributed by atoms with Crippen molar-refractivity contribution in [2.45, 2.75) is 69.4 Å². The summed E-state index contributed by atoms with van der Waals surface area (Å²) in [5, 5.41) is 15.0. The summed E-state index contributed by atoms with van der Waals surface area (Å²) in [5.41, 5.74) is 3.80. The quantitative estimate of drug-likeness (QED) is 0.503. The predicted molar refractivity (Wildman–Crippen MR) is 128 cm³/mol. The SMILES string of the molecule is CCC[C@H](NC(=O)OCC1c2ccccc2-c2ccccc21)C(=O)NC1(CC(=O)O)CCCC1. The number of carbonyl (C=O) groups is 3. The fourth-order valence-corrected chi connectivity index (χ4v) is 5.38. The lowest BCUT2D eigenvalue weighted by molar-refractivity contribution is -0.139. The predicted octanol–water partition coefficient (Wildman–Crippen LogP) is 4.60. The minimum atomic E-state index is -0.932. The molecule has 1 atom stereocenters. The average Bonchev–Trinajstić information content (AvgIpc) is 3.39. The fourth-order valence-electron chi connectivity index (χ4n) is 5.38. The fraction of sp³-hybridized carbons (Fsp3) is 0.444. The zero-order chi connectivity index (χ0) is 24.1. The molecule has 7 heteroatoms. The topological polar surface area (TPSA) is 105 Å². The van der Waals surface area contributed by atoms with Crippen LogP contribution in [0.4, 0.5) is 4.79 Å². The Morgan fingerprint density at radius 3 is 2.18 bits per heavy atom. The van der Waals surface area contributed by atoms with Gasteiger partial charge in [0.2, 0.25) is 5.91 Å². The zero-order valence-electron chi connectivity index (χ0n) is 19.5. The van der Waals surface area contributed by atoms with Gasteiger partial charge in [-0.05, 0) is 41.5 Å². The number of ether oxygens (including phenoxy) is 1. The Bertz CT molecular complexity index is 1010. The van der Waals surface area contributed by atoms with E-state index in [1.54, 1.807) is 0 Å². The molecule has 34 heavy (non-hydrogen) atoms. The molecule has 0 spiro atoms. The first-order valence-corrected chi connectivity index (χ1v) is 12.1. The number of alkyl carbamates (subject to hydrolysis) is 1. The van der Waals surface area contributed by atoms with Gasteiger partial charge in [-0.25, -0.2) is 4.79 Å². The van der Waals surface area contributed by atoms with E-state index in [1.807, 2.05) is 31.2 Å². The van der Waals surface area contributed by atoms with E-state index in [4.69, 9.17) is 4.74 Å². The number of carboxylic acid groups (broad SMARTS) is 1. The standard InChI is InChI=1S/C27H32N2O5/c1-2-9-23(25(32)29-27(16-24(30)31)14-7-8-15-27)28-26(33)34-17-22-20-12-5-3-10-18(20)19-11-4-6-13-21(19)22/h3-6,10-13,22-23H,2,7-9,14-17H2,1H3,(H,28,33)(H,29,32)(H,30,31)/t23-/m0/s1. The highest BCUT2D eigenvalue weighted by Crippen LogP contribution is 2.44. The Balaban J connectivity index is 1.40. The zero-order valence-corrected chi connectivity index (χ0v) is 19.5. The van der Waals surface area contributed by atoms with Crippen LogP contribution in [0.15, 0.2) is 48.5 Å². The number of carboxylic acids is 1. The molecule has 0 heterocycles. The second-order valence-corrected chi connectivity index (χ2v) is 9.36. The van der Waals surface area contributed by atoms with Gasteiger partial charge in [0.15, 0.2) is 0 Å². The number of nitrogens with one attached hydrogen (secondary N) is 2. The highest BCUT2D eigenvalue weighted by molar-refractivity contribution is 5.87. The number of aliphatic carboxylic acids is 1. The summed E-state index contributed by atoms with van der Waals surface area (Å²) < 4.78 is 5.60. The Kier molecular flexibility index (Phi) is 7.20. The molecule has 3 N–H and O–H groups in total. The van der Waals surface area contributed by atoms with E-state index in [2.05, 4.69) is 34.9 Å². The molecule has 180 valence electrons. The summed E-state index contributed by atoms with van der Waals surface area (Å²) in [7, 11) is 0. The molecule has 0 unspecified atom stereocenters. The van der Waals surface area contributed by atoms with Crippen LogP contribution in [0.2, 0.25) is 0 Å². The molecule has 2 amide bonds. The van der Waals surface area contributed by atoms with Crippen LogP contribution in [-0.4, -0.2) is 41.3 Å². The molecule has 0 bridgehead atoms. The van der Waals surface area contributed by atoms with Gasteiger partial charge in [0.05, 0.1) is 12.0 Å². The van der Waals surface area contributed by atoms with Crippen LogP contribution in [0.25, 0.3) is 11.1 Å². The van der Waals surface area contributed by atoms with Crippen molar-refractivity contribution in [2.75, 3.05) is 6.61 Å². The molecule has 2 aromatic rings. The molecule has 0 saturated heterocycles. The van der Waals surface area contributed by atoms with Crippen LogP contribution in [-0.2, 0) is 14.3 Å². The normalized spacial score (nSPS) is 16.9. The van der Waals surface area contributed by atoms with Crippen LogP contribution < -0.4 is 10.6 Å². The van der Waals surface area contributed by atoms with E-state index in [-0.39, 0.29) is 24.9 Å². The summed E-state index contributed by atoms with van der Waals surface area (Å²) in [5.74, 6) is -1.34. The molecule has 1 saturated carbocycles. The van der Waals surface area contributed by atoms with Gasteiger partial charge in [0.25, 0.3) is 0 Å². The van der Waals surface area contributed by atoms with E-state index in [0.29, 0.717) is 25.7 Å². The number of hydrogen-bond donors (Lipinski definition) is 3. The average molecular weight is 465 g/mol. The van der Waals surface area contributed by atoms with Crippen LogP contribution in [0, 0.1) is 0 Å². The van der Waals surface area contributed by atoms with Crippen molar-refractivity contribution in [3.05, 3.63) is 59.7 Å². The van der Waals surface area contributed by atoms with Crippen LogP contribution in [0.5, 0.6) is 0 Å². The first-order valence-electron chi connectivity index (χ1n) is 12.1. The van der Waals surface area contributed by atoms with Gasteiger partial charge in [-0.2, -0.15) is 0 Å². The van der Waals surface area contributed by atoms with Gasteiger partial charge in [0, 0.05) is 5.92 Å². The minimum Gasteiger partial charge on any atom is -0.481 e. The van der Waals surface area contributed by atoms with Gasteiger partial charge in [-0.3, -0.25) is 9.59 Å². The Hall–Kier alpha value is -3.35. The summed E-state index contributed by atoms with van der Waals surface area (Å²) in [6, 6.07) is 15.5. The molecule has 0 aliphatic heterocycles. The maximum absolute atomic E-state index is 13.0. The molecule has 0 aromatic heterocycles. The van der Waals surface area contributed by atoms with Crippen LogP contribution >= 0.6 is 0 Å². The van der Waals surface area contributed by atoms with Gasteiger partial charge in [-0.1, -0.05) is 74.7 Å². The summed E-state index contributed by atoms with van der Waals surface area (Å²) in [6.45, 7) is 2.10. The molecule has 4 rings (SSSR count). The van der Waals surface area contributed by atoms with Crippen molar-refractivity contribution in [3.63, 3.8) is 0 Å². The molecule has 1 fully saturated rings. The number of amides is 2. The van der Waals surface area contributed by atoms with Crippen molar-refractivity contribution in [2.24, 2.45) is 0 Å².